The van der Waals surface area contributed by atoms with E-state index in [0.29, 0.717) is 10.4 Å². The van der Waals surface area contributed by atoms with E-state index in [1.54, 1.807) is 18.2 Å². The second-order valence-corrected chi connectivity index (χ2v) is 5.30. The van der Waals surface area contributed by atoms with Gasteiger partial charge >= 0.3 is 0 Å². The van der Waals surface area contributed by atoms with Crippen LogP contribution in [-0.4, -0.2) is 15.8 Å². The van der Waals surface area contributed by atoms with Crippen molar-refractivity contribution in [3.63, 3.8) is 0 Å². The molecule has 8 heteroatoms. The molecule has 2 rings (SSSR count). The average molecular weight is 401 g/mol. The Labute approximate surface area is 130 Å². The van der Waals surface area contributed by atoms with Gasteiger partial charge in [-0.1, -0.05) is 12.1 Å². The van der Waals surface area contributed by atoms with Crippen molar-refractivity contribution in [3.8, 4) is 0 Å². The number of anilines is 1. The number of amides is 1. The molecule has 0 unspecified atom stereocenters. The third kappa shape index (κ3) is 3.20. The van der Waals surface area contributed by atoms with Gasteiger partial charge in [0.25, 0.3) is 11.6 Å². The molecule has 20 heavy (non-hydrogen) atoms. The first kappa shape index (κ1) is 14.6. The molecule has 1 aromatic heterocycles. The van der Waals surface area contributed by atoms with Crippen LogP contribution in [0.2, 0.25) is 0 Å². The van der Waals surface area contributed by atoms with Crippen molar-refractivity contribution in [2.75, 3.05) is 5.32 Å². The summed E-state index contributed by atoms with van der Waals surface area (Å²) in [6.45, 7) is 0. The molecule has 1 N–H and O–H groups in total. The molecule has 0 saturated heterocycles. The summed E-state index contributed by atoms with van der Waals surface area (Å²) in [5.74, 6) is -0.131. The van der Waals surface area contributed by atoms with E-state index in [2.05, 4.69) is 42.2 Å². The lowest BCUT2D eigenvalue weighted by Crippen LogP contribution is -2.14. The van der Waals surface area contributed by atoms with Gasteiger partial charge < -0.3 is 5.32 Å². The number of pyridine rings is 1. The molecule has 1 heterocycles. The fourth-order valence-corrected chi connectivity index (χ4v) is 2.43. The monoisotopic (exact) mass is 399 g/mol. The second-order valence-electron chi connectivity index (χ2n) is 3.70. The van der Waals surface area contributed by atoms with Crippen molar-refractivity contribution in [3.05, 3.63) is 61.2 Å². The van der Waals surface area contributed by atoms with Crippen molar-refractivity contribution in [2.45, 2.75) is 0 Å². The summed E-state index contributed by atoms with van der Waals surface area (Å²) >= 11 is 6.27. The van der Waals surface area contributed by atoms with Gasteiger partial charge in [-0.3, -0.25) is 14.9 Å². The summed E-state index contributed by atoms with van der Waals surface area (Å²) in [5, 5.41) is 13.4. The molecule has 0 aliphatic rings. The molecule has 0 spiro atoms. The molecule has 0 radical (unpaired) electrons. The molecule has 0 saturated carbocycles. The maximum absolute atomic E-state index is 12.1. The first-order chi connectivity index (χ1) is 9.49. The van der Waals surface area contributed by atoms with Crippen LogP contribution in [0.15, 0.2) is 45.5 Å². The molecular formula is C12H7Br2N3O3. The largest absolute Gasteiger partial charge is 0.306 e. The minimum Gasteiger partial charge on any atom is -0.306 e. The first-order valence-corrected chi connectivity index (χ1v) is 6.94. The Bertz CT molecular complexity index is 691. The topological polar surface area (TPSA) is 85.1 Å². The summed E-state index contributed by atoms with van der Waals surface area (Å²) in [4.78, 5) is 26.4. The number of halogens is 2. The number of aromatic nitrogens is 1. The van der Waals surface area contributed by atoms with Crippen molar-refractivity contribution < 1.29 is 9.72 Å². The van der Waals surface area contributed by atoms with E-state index in [9.17, 15) is 14.9 Å². The smallest absolute Gasteiger partial charge is 0.284 e. The van der Waals surface area contributed by atoms with E-state index in [0.717, 1.165) is 0 Å². The lowest BCUT2D eigenvalue weighted by atomic mass is 10.2. The molecule has 1 amide bonds. The number of benzene rings is 1. The van der Waals surface area contributed by atoms with Crippen LogP contribution in [0.1, 0.15) is 10.4 Å². The van der Waals surface area contributed by atoms with E-state index in [-0.39, 0.29) is 15.7 Å². The molecule has 2 aromatic rings. The summed E-state index contributed by atoms with van der Waals surface area (Å²) in [6, 6.07) is 9.32. The Morgan fingerprint density at radius 1 is 1.20 bits per heavy atom. The van der Waals surface area contributed by atoms with Crippen molar-refractivity contribution in [1.82, 2.24) is 4.98 Å². The Hall–Kier alpha value is -1.80. The van der Waals surface area contributed by atoms with Crippen LogP contribution in [0.4, 0.5) is 11.5 Å². The van der Waals surface area contributed by atoms with Crippen LogP contribution in [0.5, 0.6) is 0 Å². The highest BCUT2D eigenvalue weighted by Gasteiger charge is 2.19. The normalized spacial score (nSPS) is 10.1. The number of hydrogen-bond donors (Lipinski definition) is 1. The summed E-state index contributed by atoms with van der Waals surface area (Å²) < 4.78 is 0.714. The highest BCUT2D eigenvalue weighted by molar-refractivity contribution is 9.10. The average Bonchev–Trinajstić information content (AvgIpc) is 2.38. The number of nitro groups is 1. The zero-order chi connectivity index (χ0) is 14.7. The Balaban J connectivity index is 2.30. The number of nitrogens with one attached hydrogen (secondary N) is 1. The van der Waals surface area contributed by atoms with E-state index >= 15 is 0 Å². The van der Waals surface area contributed by atoms with Gasteiger partial charge in [0.2, 0.25) is 0 Å². The zero-order valence-corrected chi connectivity index (χ0v) is 13.0. The molecule has 0 bridgehead atoms. The van der Waals surface area contributed by atoms with Gasteiger partial charge in [0.05, 0.1) is 10.5 Å². The molecule has 0 fully saturated rings. The summed E-state index contributed by atoms with van der Waals surface area (Å²) in [6.07, 6.45) is 0. The highest BCUT2D eigenvalue weighted by Crippen LogP contribution is 2.28. The van der Waals surface area contributed by atoms with Crippen LogP contribution < -0.4 is 5.32 Å². The van der Waals surface area contributed by atoms with Crippen molar-refractivity contribution in [2.24, 2.45) is 0 Å². The third-order valence-corrected chi connectivity index (χ3v) is 3.65. The molecule has 6 nitrogen and oxygen atoms in total. The van der Waals surface area contributed by atoms with Gasteiger partial charge in [-0.2, -0.15) is 0 Å². The van der Waals surface area contributed by atoms with Crippen molar-refractivity contribution in [1.29, 1.82) is 0 Å². The first-order valence-electron chi connectivity index (χ1n) is 5.36. The second kappa shape index (κ2) is 6.10. The summed E-state index contributed by atoms with van der Waals surface area (Å²) in [7, 11) is 0. The number of nitrogens with zero attached hydrogens (tertiary/aromatic N) is 2. The number of hydrogen-bond acceptors (Lipinski definition) is 4. The number of rotatable bonds is 3. The van der Waals surface area contributed by atoms with Crippen molar-refractivity contribution >= 4 is 49.3 Å². The predicted molar refractivity (Wildman–Crippen MR) is 80.7 cm³/mol. The quantitative estimate of drug-likeness (QED) is 0.482. The van der Waals surface area contributed by atoms with Crippen LogP contribution in [0.25, 0.3) is 0 Å². The van der Waals surface area contributed by atoms with E-state index in [1.165, 1.54) is 18.2 Å². The SMILES string of the molecule is O=C(Nc1cccc(Br)n1)c1cccc([N+](=O)[O-])c1Br. The van der Waals surface area contributed by atoms with E-state index in [4.69, 9.17) is 0 Å². The van der Waals surface area contributed by atoms with Gasteiger partial charge in [-0.25, -0.2) is 4.98 Å². The molecule has 102 valence electrons. The lowest BCUT2D eigenvalue weighted by molar-refractivity contribution is -0.385. The highest BCUT2D eigenvalue weighted by atomic mass is 79.9. The minimum atomic E-state index is -0.557. The predicted octanol–water partition coefficient (Wildman–Crippen LogP) is 3.77. The summed E-state index contributed by atoms with van der Waals surface area (Å²) in [5.41, 5.74) is 0.000766. The maximum atomic E-state index is 12.1. The standard InChI is InChI=1S/C12H7Br2N3O3/c13-9-5-2-6-10(15-9)16-12(18)7-3-1-4-8(11(7)14)17(19)20/h1-6H,(H,15,16,18). The molecule has 0 atom stereocenters. The number of carbonyl (C=O) groups is 1. The molecular weight excluding hydrogens is 394 g/mol. The van der Waals surface area contributed by atoms with Gasteiger partial charge in [0, 0.05) is 6.07 Å². The maximum Gasteiger partial charge on any atom is 0.284 e. The fraction of sp³-hybridized carbons (Fsp3) is 0. The minimum absolute atomic E-state index is 0.137. The Morgan fingerprint density at radius 3 is 2.55 bits per heavy atom. The molecule has 0 aliphatic carbocycles. The van der Waals surface area contributed by atoms with Crippen LogP contribution >= 0.6 is 31.9 Å². The van der Waals surface area contributed by atoms with Gasteiger partial charge in [0.1, 0.15) is 14.9 Å². The van der Waals surface area contributed by atoms with Gasteiger partial charge in [-0.05, 0) is 50.1 Å². The zero-order valence-electron chi connectivity index (χ0n) is 9.84. The fourth-order valence-electron chi connectivity index (χ4n) is 1.50. The number of carbonyl (C=O) groups excluding carboxylic acids is 1. The van der Waals surface area contributed by atoms with E-state index in [1.807, 2.05) is 0 Å². The molecule has 1 aromatic carbocycles. The lowest BCUT2D eigenvalue weighted by Gasteiger charge is -2.06. The van der Waals surface area contributed by atoms with Crippen LogP contribution in [0.3, 0.4) is 0 Å². The van der Waals surface area contributed by atoms with E-state index < -0.39 is 10.8 Å². The Morgan fingerprint density at radius 2 is 1.90 bits per heavy atom. The third-order valence-electron chi connectivity index (χ3n) is 2.38. The van der Waals surface area contributed by atoms with Gasteiger partial charge in [-0.15, -0.1) is 0 Å². The molecule has 0 aliphatic heterocycles. The van der Waals surface area contributed by atoms with Crippen LogP contribution in [0, 0.1) is 10.1 Å². The van der Waals surface area contributed by atoms with Gasteiger partial charge in [0.15, 0.2) is 0 Å². The van der Waals surface area contributed by atoms with Crippen LogP contribution in [-0.2, 0) is 0 Å². The Kier molecular flexibility index (Phi) is 4.46. The number of nitro benzene ring substituents is 1.